The molecule has 0 saturated carbocycles. The minimum atomic E-state index is -4.33. The Morgan fingerprint density at radius 1 is 1.19 bits per heavy atom. The number of nitrogens with two attached hydrogens (primary N) is 1. The number of benzene rings is 1. The van der Waals surface area contributed by atoms with Crippen molar-refractivity contribution < 1.29 is 13.2 Å². The Balaban J connectivity index is 2.46. The molecular weight excluding hydrogens is 217 g/mol. The smallest absolute Gasteiger partial charge is 0.351 e. The predicted molar refractivity (Wildman–Crippen MR) is 56.1 cm³/mol. The number of rotatable bonds is 2. The van der Waals surface area contributed by atoms with E-state index >= 15 is 0 Å². The average Bonchev–Trinajstić information content (AvgIpc) is 2.60. The van der Waals surface area contributed by atoms with Gasteiger partial charge in [0.2, 0.25) is 0 Å². The van der Waals surface area contributed by atoms with Crippen LogP contribution in [0.15, 0.2) is 24.3 Å². The maximum absolute atomic E-state index is 12.4. The van der Waals surface area contributed by atoms with E-state index in [0.29, 0.717) is 23.9 Å². The molecule has 5 heteroatoms. The van der Waals surface area contributed by atoms with Crippen LogP contribution < -0.4 is 5.73 Å². The van der Waals surface area contributed by atoms with Gasteiger partial charge in [-0.3, -0.25) is 0 Å². The fourth-order valence-electron chi connectivity index (χ4n) is 1.65. The monoisotopic (exact) mass is 228 g/mol. The molecule has 16 heavy (non-hydrogen) atoms. The van der Waals surface area contributed by atoms with Gasteiger partial charge in [-0.2, -0.15) is 13.2 Å². The minimum Gasteiger partial charge on any atom is -0.351 e. The lowest BCUT2D eigenvalue weighted by Gasteiger charge is -2.01. The van der Waals surface area contributed by atoms with E-state index in [4.69, 9.17) is 5.73 Å². The maximum atomic E-state index is 12.4. The van der Waals surface area contributed by atoms with Crippen molar-refractivity contribution in [3.8, 4) is 0 Å². The first kappa shape index (κ1) is 11.0. The van der Waals surface area contributed by atoms with Crippen molar-refractivity contribution in [2.45, 2.75) is 12.6 Å². The van der Waals surface area contributed by atoms with Crippen molar-refractivity contribution in [1.82, 2.24) is 4.98 Å². The standard InChI is InChI=1S/C11H11F3N2/c12-11(13,14)10-6-8-2-1-7(3-4-15)5-9(8)16-10/h1-2,5-6,16H,3-4,15H2. The zero-order valence-electron chi connectivity index (χ0n) is 8.43. The predicted octanol–water partition coefficient (Wildman–Crippen LogP) is 2.69. The second kappa shape index (κ2) is 3.83. The highest BCUT2D eigenvalue weighted by Crippen LogP contribution is 2.31. The van der Waals surface area contributed by atoms with E-state index in [9.17, 15) is 13.2 Å². The molecule has 0 saturated heterocycles. The third-order valence-electron chi connectivity index (χ3n) is 2.43. The highest BCUT2D eigenvalue weighted by molar-refractivity contribution is 5.81. The second-order valence-electron chi connectivity index (χ2n) is 3.64. The molecule has 0 aliphatic heterocycles. The Hall–Kier alpha value is -1.49. The fraction of sp³-hybridized carbons (Fsp3) is 0.273. The van der Waals surface area contributed by atoms with Crippen LogP contribution in [0.5, 0.6) is 0 Å². The van der Waals surface area contributed by atoms with Crippen LogP contribution in [0.1, 0.15) is 11.3 Å². The van der Waals surface area contributed by atoms with Gasteiger partial charge in [0.1, 0.15) is 5.69 Å². The van der Waals surface area contributed by atoms with E-state index in [1.165, 1.54) is 0 Å². The highest BCUT2D eigenvalue weighted by Gasteiger charge is 2.32. The van der Waals surface area contributed by atoms with Crippen LogP contribution in [-0.2, 0) is 12.6 Å². The average molecular weight is 228 g/mol. The first-order chi connectivity index (χ1) is 7.50. The van der Waals surface area contributed by atoms with E-state index in [2.05, 4.69) is 4.98 Å². The van der Waals surface area contributed by atoms with Gasteiger partial charge in [0.05, 0.1) is 0 Å². The van der Waals surface area contributed by atoms with Crippen LogP contribution in [0.3, 0.4) is 0 Å². The summed E-state index contributed by atoms with van der Waals surface area (Å²) in [7, 11) is 0. The number of aromatic amines is 1. The number of H-pyrrole nitrogens is 1. The number of hydrogen-bond acceptors (Lipinski definition) is 1. The third-order valence-corrected chi connectivity index (χ3v) is 2.43. The summed E-state index contributed by atoms with van der Waals surface area (Å²) < 4.78 is 37.3. The SMILES string of the molecule is NCCc1ccc2cc(C(F)(F)F)[nH]c2c1. The lowest BCUT2D eigenvalue weighted by molar-refractivity contribution is -0.140. The van der Waals surface area contributed by atoms with Crippen molar-refractivity contribution in [2.75, 3.05) is 6.54 Å². The van der Waals surface area contributed by atoms with Crippen LogP contribution in [0.4, 0.5) is 13.2 Å². The first-order valence-corrected chi connectivity index (χ1v) is 4.89. The Labute approximate surface area is 90.3 Å². The van der Waals surface area contributed by atoms with Crippen molar-refractivity contribution in [3.05, 3.63) is 35.5 Å². The number of hydrogen-bond donors (Lipinski definition) is 2. The van der Waals surface area contributed by atoms with Gasteiger partial charge >= 0.3 is 6.18 Å². The highest BCUT2D eigenvalue weighted by atomic mass is 19.4. The summed E-state index contributed by atoms with van der Waals surface area (Å²) in [6, 6.07) is 6.29. The van der Waals surface area contributed by atoms with Gasteiger partial charge < -0.3 is 10.7 Å². The summed E-state index contributed by atoms with van der Waals surface area (Å²) >= 11 is 0. The van der Waals surface area contributed by atoms with Gasteiger partial charge in [0.25, 0.3) is 0 Å². The molecule has 1 aromatic carbocycles. The molecule has 1 heterocycles. The quantitative estimate of drug-likeness (QED) is 0.815. The molecule has 0 fully saturated rings. The van der Waals surface area contributed by atoms with Crippen molar-refractivity contribution in [1.29, 1.82) is 0 Å². The Morgan fingerprint density at radius 2 is 1.94 bits per heavy atom. The number of halogens is 3. The topological polar surface area (TPSA) is 41.8 Å². The molecule has 1 aromatic heterocycles. The fourth-order valence-corrected chi connectivity index (χ4v) is 1.65. The molecule has 0 aliphatic carbocycles. The van der Waals surface area contributed by atoms with E-state index < -0.39 is 11.9 Å². The molecular formula is C11H11F3N2. The van der Waals surface area contributed by atoms with E-state index in [-0.39, 0.29) is 0 Å². The molecule has 0 bridgehead atoms. The van der Waals surface area contributed by atoms with Crippen LogP contribution in [0, 0.1) is 0 Å². The third kappa shape index (κ3) is 2.04. The largest absolute Gasteiger partial charge is 0.431 e. The maximum Gasteiger partial charge on any atom is 0.431 e. The van der Waals surface area contributed by atoms with Crippen LogP contribution >= 0.6 is 0 Å². The molecule has 2 aromatic rings. The van der Waals surface area contributed by atoms with E-state index in [0.717, 1.165) is 11.6 Å². The zero-order chi connectivity index (χ0) is 11.8. The molecule has 3 N–H and O–H groups in total. The van der Waals surface area contributed by atoms with Gasteiger partial charge in [-0.25, -0.2) is 0 Å². The summed E-state index contributed by atoms with van der Waals surface area (Å²) in [5, 5.41) is 0.563. The molecule has 86 valence electrons. The summed E-state index contributed by atoms with van der Waals surface area (Å²) in [6.07, 6.45) is -3.66. The number of alkyl halides is 3. The Morgan fingerprint density at radius 3 is 2.56 bits per heavy atom. The van der Waals surface area contributed by atoms with Gasteiger partial charge in [0, 0.05) is 10.9 Å². The molecule has 0 atom stereocenters. The second-order valence-corrected chi connectivity index (χ2v) is 3.64. The van der Waals surface area contributed by atoms with Crippen LogP contribution in [0.25, 0.3) is 10.9 Å². The lowest BCUT2D eigenvalue weighted by atomic mass is 10.1. The van der Waals surface area contributed by atoms with Gasteiger partial charge in [0.15, 0.2) is 0 Å². The molecule has 0 unspecified atom stereocenters. The molecule has 0 spiro atoms. The molecule has 0 amide bonds. The number of aromatic nitrogens is 1. The van der Waals surface area contributed by atoms with Gasteiger partial charge in [-0.15, -0.1) is 0 Å². The zero-order valence-corrected chi connectivity index (χ0v) is 8.43. The summed E-state index contributed by atoms with van der Waals surface area (Å²) in [6.45, 7) is 0.484. The Bertz CT molecular complexity index is 499. The summed E-state index contributed by atoms with van der Waals surface area (Å²) in [5.41, 5.74) is 6.11. The number of nitrogens with one attached hydrogen (secondary N) is 1. The Kier molecular flexibility index (Phi) is 2.63. The van der Waals surface area contributed by atoms with Crippen molar-refractivity contribution in [2.24, 2.45) is 5.73 Å². The first-order valence-electron chi connectivity index (χ1n) is 4.89. The summed E-state index contributed by atoms with van der Waals surface area (Å²) in [5.74, 6) is 0. The van der Waals surface area contributed by atoms with Crippen molar-refractivity contribution in [3.63, 3.8) is 0 Å². The van der Waals surface area contributed by atoms with E-state index in [1.54, 1.807) is 18.2 Å². The van der Waals surface area contributed by atoms with Crippen molar-refractivity contribution >= 4 is 10.9 Å². The normalized spacial score (nSPS) is 12.2. The minimum absolute atomic E-state index is 0.484. The summed E-state index contributed by atoms with van der Waals surface area (Å²) in [4.78, 5) is 2.37. The lowest BCUT2D eigenvalue weighted by Crippen LogP contribution is -2.04. The van der Waals surface area contributed by atoms with Gasteiger partial charge in [-0.05, 0) is 30.7 Å². The van der Waals surface area contributed by atoms with E-state index in [1.807, 2.05) is 0 Å². The number of fused-ring (bicyclic) bond motifs is 1. The molecule has 0 radical (unpaired) electrons. The van der Waals surface area contributed by atoms with Crippen LogP contribution in [-0.4, -0.2) is 11.5 Å². The van der Waals surface area contributed by atoms with Crippen LogP contribution in [0.2, 0.25) is 0 Å². The molecule has 2 rings (SSSR count). The molecule has 0 aliphatic rings. The van der Waals surface area contributed by atoms with Gasteiger partial charge in [-0.1, -0.05) is 12.1 Å². The molecule has 2 nitrogen and oxygen atoms in total.